The van der Waals surface area contributed by atoms with Crippen molar-refractivity contribution in [3.8, 4) is 11.4 Å². The average molecular weight is 424 g/mol. The first-order valence-corrected chi connectivity index (χ1v) is 10.6. The van der Waals surface area contributed by atoms with Crippen molar-refractivity contribution in [3.63, 3.8) is 0 Å². The van der Waals surface area contributed by atoms with Gasteiger partial charge in [-0.2, -0.15) is 5.10 Å². The molecule has 2 aromatic carbocycles. The number of hydrogen-bond acceptors (Lipinski definition) is 3. The van der Waals surface area contributed by atoms with Gasteiger partial charge in [0.15, 0.2) is 0 Å². The highest BCUT2D eigenvalue weighted by atomic mass is 35.5. The van der Waals surface area contributed by atoms with Crippen molar-refractivity contribution in [2.75, 3.05) is 20.2 Å². The summed E-state index contributed by atoms with van der Waals surface area (Å²) in [4.78, 5) is 15.3. The van der Waals surface area contributed by atoms with Crippen LogP contribution in [0.5, 0.6) is 5.75 Å². The highest BCUT2D eigenvalue weighted by molar-refractivity contribution is 6.30. The molecule has 1 saturated heterocycles. The summed E-state index contributed by atoms with van der Waals surface area (Å²) in [6.45, 7) is 5.62. The summed E-state index contributed by atoms with van der Waals surface area (Å²) in [7, 11) is 1.67. The zero-order chi connectivity index (χ0) is 21.3. The second kappa shape index (κ2) is 8.52. The predicted octanol–water partition coefficient (Wildman–Crippen LogP) is 5.29. The third kappa shape index (κ3) is 3.94. The minimum Gasteiger partial charge on any atom is -0.497 e. The van der Waals surface area contributed by atoms with Crippen molar-refractivity contribution >= 4 is 17.5 Å². The van der Waals surface area contributed by atoms with E-state index in [1.54, 1.807) is 13.3 Å². The summed E-state index contributed by atoms with van der Waals surface area (Å²) < 4.78 is 7.08. The highest BCUT2D eigenvalue weighted by Gasteiger charge is 2.31. The Kier molecular flexibility index (Phi) is 5.82. The van der Waals surface area contributed by atoms with Crippen LogP contribution in [0.25, 0.3) is 5.69 Å². The maximum Gasteiger partial charge on any atom is 0.257 e. The van der Waals surface area contributed by atoms with E-state index in [0.29, 0.717) is 23.0 Å². The molecule has 3 aromatic rings. The molecule has 0 bridgehead atoms. The third-order valence-electron chi connectivity index (χ3n) is 5.70. The van der Waals surface area contributed by atoms with Crippen molar-refractivity contribution in [2.45, 2.75) is 32.1 Å². The van der Waals surface area contributed by atoms with Gasteiger partial charge in [0.25, 0.3) is 5.91 Å². The summed E-state index contributed by atoms with van der Waals surface area (Å²) >= 11 is 6.17. The lowest BCUT2D eigenvalue weighted by atomic mass is 9.98. The Labute approximate surface area is 182 Å². The number of methoxy groups -OCH3 is 1. The number of hydrogen-bond donors (Lipinski definition) is 0. The van der Waals surface area contributed by atoms with Crippen LogP contribution in [0.1, 0.15) is 53.7 Å². The number of carbonyl (C=O) groups excluding carboxylic acids is 1. The largest absolute Gasteiger partial charge is 0.497 e. The van der Waals surface area contributed by atoms with E-state index < -0.39 is 0 Å². The minimum atomic E-state index is 0.0444. The molecule has 2 heterocycles. The number of ether oxygens (including phenoxy) is 1. The standard InChI is InChI=1S/C24H26ClN3O2/c1-16(2)23-22(14-26-28(23)20-6-4-5-19(25)13-20)24(29)27-12-11-18(15-27)17-7-9-21(30-3)10-8-17/h4-10,13-14,16,18H,11-12,15H2,1-3H3. The van der Waals surface area contributed by atoms with Crippen LogP contribution in [0.4, 0.5) is 0 Å². The van der Waals surface area contributed by atoms with Gasteiger partial charge in [0.1, 0.15) is 5.75 Å². The molecule has 1 aliphatic heterocycles. The van der Waals surface area contributed by atoms with Crippen LogP contribution in [-0.2, 0) is 0 Å². The topological polar surface area (TPSA) is 47.4 Å². The molecule has 0 N–H and O–H groups in total. The number of carbonyl (C=O) groups is 1. The lowest BCUT2D eigenvalue weighted by Gasteiger charge is -2.19. The number of aromatic nitrogens is 2. The summed E-state index contributed by atoms with van der Waals surface area (Å²) in [6, 6.07) is 15.7. The Hall–Kier alpha value is -2.79. The number of amides is 1. The van der Waals surface area contributed by atoms with Gasteiger partial charge in [-0.3, -0.25) is 4.79 Å². The first-order chi connectivity index (χ1) is 14.5. The van der Waals surface area contributed by atoms with Gasteiger partial charge >= 0.3 is 0 Å². The fourth-order valence-electron chi connectivity index (χ4n) is 4.16. The molecule has 1 unspecified atom stereocenters. The van der Waals surface area contributed by atoms with Gasteiger partial charge < -0.3 is 9.64 Å². The quantitative estimate of drug-likeness (QED) is 0.560. The Morgan fingerprint density at radius 1 is 1.20 bits per heavy atom. The molecular weight excluding hydrogens is 398 g/mol. The van der Waals surface area contributed by atoms with E-state index >= 15 is 0 Å². The molecule has 6 heteroatoms. The van der Waals surface area contributed by atoms with Gasteiger partial charge in [0, 0.05) is 24.0 Å². The van der Waals surface area contributed by atoms with E-state index in [2.05, 4.69) is 31.1 Å². The summed E-state index contributed by atoms with van der Waals surface area (Å²) in [6.07, 6.45) is 2.65. The Morgan fingerprint density at radius 2 is 1.97 bits per heavy atom. The van der Waals surface area contributed by atoms with Crippen molar-refractivity contribution in [2.24, 2.45) is 0 Å². The minimum absolute atomic E-state index is 0.0444. The van der Waals surface area contributed by atoms with E-state index in [0.717, 1.165) is 30.1 Å². The molecule has 156 valence electrons. The summed E-state index contributed by atoms with van der Waals surface area (Å²) in [5, 5.41) is 5.18. The van der Waals surface area contributed by atoms with E-state index in [-0.39, 0.29) is 11.8 Å². The van der Waals surface area contributed by atoms with E-state index in [9.17, 15) is 4.79 Å². The molecule has 1 aliphatic rings. The van der Waals surface area contributed by atoms with Gasteiger partial charge in [-0.15, -0.1) is 0 Å². The molecular formula is C24H26ClN3O2. The van der Waals surface area contributed by atoms with Crippen LogP contribution in [0.15, 0.2) is 54.7 Å². The molecule has 4 rings (SSSR count). The molecule has 1 atom stereocenters. The summed E-state index contributed by atoms with van der Waals surface area (Å²) in [5.41, 5.74) is 3.68. The third-order valence-corrected chi connectivity index (χ3v) is 5.93. The second-order valence-corrected chi connectivity index (χ2v) is 8.44. The zero-order valence-electron chi connectivity index (χ0n) is 17.5. The van der Waals surface area contributed by atoms with Crippen molar-refractivity contribution < 1.29 is 9.53 Å². The molecule has 0 aliphatic carbocycles. The van der Waals surface area contributed by atoms with Crippen LogP contribution in [0.3, 0.4) is 0 Å². The lowest BCUT2D eigenvalue weighted by Crippen LogP contribution is -2.29. The first-order valence-electron chi connectivity index (χ1n) is 10.2. The van der Waals surface area contributed by atoms with Crippen molar-refractivity contribution in [1.29, 1.82) is 0 Å². The van der Waals surface area contributed by atoms with Crippen LogP contribution < -0.4 is 4.74 Å². The number of rotatable bonds is 5. The van der Waals surface area contributed by atoms with Crippen LogP contribution >= 0.6 is 11.6 Å². The molecule has 0 radical (unpaired) electrons. The van der Waals surface area contributed by atoms with Crippen molar-refractivity contribution in [3.05, 3.63) is 76.6 Å². The Bertz CT molecular complexity index is 1040. The maximum absolute atomic E-state index is 13.4. The molecule has 1 aromatic heterocycles. The number of likely N-dealkylation sites (tertiary alicyclic amines) is 1. The Morgan fingerprint density at radius 3 is 2.63 bits per heavy atom. The maximum atomic E-state index is 13.4. The van der Waals surface area contributed by atoms with Gasteiger partial charge in [-0.1, -0.05) is 43.6 Å². The monoisotopic (exact) mass is 423 g/mol. The van der Waals surface area contributed by atoms with Crippen LogP contribution in [-0.4, -0.2) is 40.8 Å². The fourth-order valence-corrected chi connectivity index (χ4v) is 4.34. The zero-order valence-corrected chi connectivity index (χ0v) is 18.3. The molecule has 0 saturated carbocycles. The fraction of sp³-hybridized carbons (Fsp3) is 0.333. The SMILES string of the molecule is COc1ccc(C2CCN(C(=O)c3cnn(-c4cccc(Cl)c4)c3C(C)C)C2)cc1. The second-order valence-electron chi connectivity index (χ2n) is 8.00. The van der Waals surface area contributed by atoms with Gasteiger partial charge in [-0.05, 0) is 48.2 Å². The molecule has 30 heavy (non-hydrogen) atoms. The lowest BCUT2D eigenvalue weighted by molar-refractivity contribution is 0.0789. The smallest absolute Gasteiger partial charge is 0.257 e. The van der Waals surface area contributed by atoms with Crippen molar-refractivity contribution in [1.82, 2.24) is 14.7 Å². The van der Waals surface area contributed by atoms with Crippen LogP contribution in [0, 0.1) is 0 Å². The summed E-state index contributed by atoms with van der Waals surface area (Å²) in [5.74, 6) is 1.37. The van der Waals surface area contributed by atoms with Gasteiger partial charge in [0.2, 0.25) is 0 Å². The number of nitrogens with zero attached hydrogens (tertiary/aromatic N) is 3. The molecule has 1 fully saturated rings. The van der Waals surface area contributed by atoms with E-state index in [1.165, 1.54) is 5.56 Å². The normalized spacial score (nSPS) is 16.3. The van der Waals surface area contributed by atoms with Crippen LogP contribution in [0.2, 0.25) is 5.02 Å². The highest BCUT2D eigenvalue weighted by Crippen LogP contribution is 2.31. The first kappa shape index (κ1) is 20.5. The molecule has 0 spiro atoms. The number of halogens is 1. The van der Waals surface area contributed by atoms with Gasteiger partial charge in [-0.25, -0.2) is 4.68 Å². The molecule has 1 amide bonds. The number of benzene rings is 2. The Balaban J connectivity index is 1.57. The van der Waals surface area contributed by atoms with E-state index in [1.807, 2.05) is 46.0 Å². The predicted molar refractivity (Wildman–Crippen MR) is 119 cm³/mol. The van der Waals surface area contributed by atoms with E-state index in [4.69, 9.17) is 16.3 Å². The average Bonchev–Trinajstić information content (AvgIpc) is 3.41. The molecule has 5 nitrogen and oxygen atoms in total. The van der Waals surface area contributed by atoms with Gasteiger partial charge in [0.05, 0.1) is 30.3 Å².